The number of hydrogen-bond donors (Lipinski definition) is 1. The van der Waals surface area contributed by atoms with Crippen molar-refractivity contribution in [3.63, 3.8) is 0 Å². The highest BCUT2D eigenvalue weighted by atomic mass is 35.5. The molecule has 1 saturated heterocycles. The minimum absolute atomic E-state index is 0.177. The van der Waals surface area contributed by atoms with Gasteiger partial charge in [0.1, 0.15) is 0 Å². The second-order valence-electron chi connectivity index (χ2n) is 10.8. The van der Waals surface area contributed by atoms with E-state index in [1.807, 2.05) is 54.6 Å². The molecule has 0 atom stereocenters. The molecule has 3 aromatic carbocycles. The zero-order chi connectivity index (χ0) is 28.2. The summed E-state index contributed by atoms with van der Waals surface area (Å²) in [5.41, 5.74) is 4.30. The van der Waals surface area contributed by atoms with Crippen LogP contribution < -0.4 is 10.2 Å². The molecule has 1 aromatic heterocycles. The van der Waals surface area contributed by atoms with Crippen molar-refractivity contribution in [1.29, 1.82) is 0 Å². The maximum atomic E-state index is 13.4. The minimum Gasteiger partial charge on any atom is -0.384 e. The van der Waals surface area contributed by atoms with Gasteiger partial charge in [-0.15, -0.1) is 0 Å². The maximum Gasteiger partial charge on any atom is 0.261 e. The van der Waals surface area contributed by atoms with E-state index in [4.69, 9.17) is 16.3 Å². The molecule has 2 amide bonds. The Balaban J connectivity index is 0.973. The van der Waals surface area contributed by atoms with Crippen LogP contribution >= 0.6 is 11.6 Å². The van der Waals surface area contributed by atoms with E-state index in [0.29, 0.717) is 35.9 Å². The Labute approximate surface area is 245 Å². The standard InChI is InChI=1S/C33H35ClN4O3/c34-23-10-11-24-28(14-16-36-29(24)22-23)35-15-5-3-1-2-4-6-17-38-32(39)26-9-7-8-25-30(37-18-20-41-21-19-37)13-12-27(31(25)26)33(38)40/h7-14,16,22H,1-6,15,17-21H2,(H,35,36). The highest BCUT2D eigenvalue weighted by molar-refractivity contribution is 6.31. The molecular weight excluding hydrogens is 536 g/mol. The molecule has 6 rings (SSSR count). The number of pyridine rings is 1. The zero-order valence-corrected chi connectivity index (χ0v) is 24.0. The number of nitrogens with one attached hydrogen (secondary N) is 1. The molecule has 2 aliphatic rings. The molecule has 2 aliphatic heterocycles. The van der Waals surface area contributed by atoms with Crippen LogP contribution in [0.3, 0.4) is 0 Å². The maximum absolute atomic E-state index is 13.4. The number of halogens is 1. The molecule has 7 nitrogen and oxygen atoms in total. The van der Waals surface area contributed by atoms with E-state index in [1.165, 1.54) is 4.90 Å². The Hall–Kier alpha value is -3.68. The quantitative estimate of drug-likeness (QED) is 0.156. The number of aromatic nitrogens is 1. The second-order valence-corrected chi connectivity index (χ2v) is 11.2. The van der Waals surface area contributed by atoms with Crippen LogP contribution in [0.25, 0.3) is 21.7 Å². The van der Waals surface area contributed by atoms with Gasteiger partial charge >= 0.3 is 0 Å². The average Bonchev–Trinajstić information content (AvgIpc) is 3.00. The summed E-state index contributed by atoms with van der Waals surface area (Å²) in [7, 11) is 0. The Kier molecular flexibility index (Phi) is 8.35. The van der Waals surface area contributed by atoms with E-state index >= 15 is 0 Å². The zero-order valence-electron chi connectivity index (χ0n) is 23.2. The topological polar surface area (TPSA) is 74.8 Å². The number of nitrogens with zero attached hydrogens (tertiary/aromatic N) is 3. The van der Waals surface area contributed by atoms with Crippen molar-refractivity contribution in [2.24, 2.45) is 0 Å². The molecule has 0 unspecified atom stereocenters. The third-order valence-electron chi connectivity index (χ3n) is 8.15. The third kappa shape index (κ3) is 5.74. The number of fused-ring (bicyclic) bond motifs is 1. The lowest BCUT2D eigenvalue weighted by atomic mass is 9.92. The van der Waals surface area contributed by atoms with Crippen molar-refractivity contribution in [2.45, 2.75) is 38.5 Å². The van der Waals surface area contributed by atoms with E-state index in [2.05, 4.69) is 15.2 Å². The Bertz CT molecular complexity index is 1560. The summed E-state index contributed by atoms with van der Waals surface area (Å²) in [6.07, 6.45) is 8.04. The number of carbonyl (C=O) groups is 2. The van der Waals surface area contributed by atoms with E-state index in [1.54, 1.807) is 6.20 Å². The van der Waals surface area contributed by atoms with Crippen LogP contribution in [0.5, 0.6) is 0 Å². The molecule has 1 N–H and O–H groups in total. The van der Waals surface area contributed by atoms with Crippen LogP contribution in [0.2, 0.25) is 5.02 Å². The molecule has 3 heterocycles. The molecule has 0 saturated carbocycles. The van der Waals surface area contributed by atoms with Crippen LogP contribution in [0.15, 0.2) is 60.8 Å². The van der Waals surface area contributed by atoms with Crippen molar-refractivity contribution in [1.82, 2.24) is 9.88 Å². The summed E-state index contributed by atoms with van der Waals surface area (Å²) < 4.78 is 5.51. The number of imide groups is 1. The Morgan fingerprint density at radius 3 is 2.41 bits per heavy atom. The van der Waals surface area contributed by atoms with Crippen molar-refractivity contribution in [3.05, 3.63) is 76.9 Å². The summed E-state index contributed by atoms with van der Waals surface area (Å²) in [5.74, 6) is -0.353. The number of ether oxygens (including phenoxy) is 1. The minimum atomic E-state index is -0.177. The van der Waals surface area contributed by atoms with Gasteiger partial charge in [0.15, 0.2) is 0 Å². The summed E-state index contributed by atoms with van der Waals surface area (Å²) in [6.45, 7) is 4.34. The molecule has 0 aliphatic carbocycles. The molecule has 41 heavy (non-hydrogen) atoms. The van der Waals surface area contributed by atoms with Gasteiger partial charge < -0.3 is 15.0 Å². The first kappa shape index (κ1) is 27.5. The second kappa shape index (κ2) is 12.5. The van der Waals surface area contributed by atoms with Gasteiger partial charge in [0, 0.05) is 76.1 Å². The number of unbranched alkanes of at least 4 members (excludes halogenated alkanes) is 5. The lowest BCUT2D eigenvalue weighted by Crippen LogP contribution is -2.41. The molecule has 0 bridgehead atoms. The molecular formula is C33H35ClN4O3. The van der Waals surface area contributed by atoms with Crippen molar-refractivity contribution in [3.8, 4) is 0 Å². The SMILES string of the molecule is O=C1c2cccc3c(N4CCOCC4)ccc(c23)C(=O)N1CCCCCCCCNc1ccnc2cc(Cl)ccc12. The van der Waals surface area contributed by atoms with Crippen molar-refractivity contribution in [2.75, 3.05) is 49.6 Å². The fraction of sp³-hybridized carbons (Fsp3) is 0.364. The highest BCUT2D eigenvalue weighted by Crippen LogP contribution is 2.36. The smallest absolute Gasteiger partial charge is 0.261 e. The Morgan fingerprint density at radius 2 is 1.59 bits per heavy atom. The number of carbonyl (C=O) groups excluding carboxylic acids is 2. The number of rotatable bonds is 11. The number of hydrogen-bond acceptors (Lipinski definition) is 6. The van der Waals surface area contributed by atoms with Gasteiger partial charge in [-0.2, -0.15) is 0 Å². The van der Waals surface area contributed by atoms with Crippen molar-refractivity contribution >= 4 is 56.5 Å². The van der Waals surface area contributed by atoms with Gasteiger partial charge in [-0.3, -0.25) is 19.5 Å². The van der Waals surface area contributed by atoms with Crippen LogP contribution in [0.4, 0.5) is 11.4 Å². The predicted molar refractivity (Wildman–Crippen MR) is 165 cm³/mol. The lowest BCUT2D eigenvalue weighted by molar-refractivity contribution is 0.0607. The first-order chi connectivity index (χ1) is 20.1. The molecule has 4 aromatic rings. The first-order valence-corrected chi connectivity index (χ1v) is 15.0. The van der Waals surface area contributed by atoms with Gasteiger partial charge in [0.05, 0.1) is 18.7 Å². The van der Waals surface area contributed by atoms with Gasteiger partial charge in [-0.25, -0.2) is 0 Å². The summed E-state index contributed by atoms with van der Waals surface area (Å²) >= 11 is 6.09. The highest BCUT2D eigenvalue weighted by Gasteiger charge is 2.33. The van der Waals surface area contributed by atoms with Crippen LogP contribution in [-0.2, 0) is 4.74 Å². The number of morpholine rings is 1. The molecule has 8 heteroatoms. The summed E-state index contributed by atoms with van der Waals surface area (Å²) in [5, 5.41) is 7.06. The summed E-state index contributed by atoms with van der Waals surface area (Å²) in [4.78, 5) is 34.9. The predicted octanol–water partition coefficient (Wildman–Crippen LogP) is 6.93. The van der Waals surface area contributed by atoms with Gasteiger partial charge in [-0.05, 0) is 55.3 Å². The van der Waals surface area contributed by atoms with Gasteiger partial charge in [0.25, 0.3) is 11.8 Å². The van der Waals surface area contributed by atoms with Gasteiger partial charge in [-0.1, -0.05) is 49.4 Å². The molecule has 0 radical (unpaired) electrons. The lowest BCUT2D eigenvalue weighted by Gasteiger charge is -2.32. The normalized spacial score (nSPS) is 15.2. The fourth-order valence-electron chi connectivity index (χ4n) is 6.01. The van der Waals surface area contributed by atoms with Crippen LogP contribution in [-0.4, -0.2) is 61.1 Å². The summed E-state index contributed by atoms with van der Waals surface area (Å²) in [6, 6.07) is 17.5. The first-order valence-electron chi connectivity index (χ1n) is 14.6. The van der Waals surface area contributed by atoms with E-state index in [-0.39, 0.29) is 11.8 Å². The fourth-order valence-corrected chi connectivity index (χ4v) is 6.18. The van der Waals surface area contributed by atoms with E-state index in [9.17, 15) is 9.59 Å². The van der Waals surface area contributed by atoms with Gasteiger partial charge in [0.2, 0.25) is 0 Å². The number of amides is 2. The van der Waals surface area contributed by atoms with E-state index < -0.39 is 0 Å². The molecule has 0 spiro atoms. The monoisotopic (exact) mass is 570 g/mol. The number of benzene rings is 3. The molecule has 212 valence electrons. The van der Waals surface area contributed by atoms with Crippen molar-refractivity contribution < 1.29 is 14.3 Å². The average molecular weight is 571 g/mol. The van der Waals surface area contributed by atoms with Crippen LogP contribution in [0, 0.1) is 0 Å². The number of anilines is 2. The van der Waals surface area contributed by atoms with E-state index in [0.717, 1.165) is 91.2 Å². The molecule has 1 fully saturated rings. The Morgan fingerprint density at radius 1 is 0.829 bits per heavy atom. The largest absolute Gasteiger partial charge is 0.384 e. The van der Waals surface area contributed by atoms with Crippen LogP contribution in [0.1, 0.15) is 59.2 Å². The third-order valence-corrected chi connectivity index (χ3v) is 8.38.